The van der Waals surface area contributed by atoms with Gasteiger partial charge in [0.15, 0.2) is 11.5 Å². The molecule has 1 saturated heterocycles. The van der Waals surface area contributed by atoms with Gasteiger partial charge in [0, 0.05) is 37.4 Å². The lowest BCUT2D eigenvalue weighted by molar-refractivity contribution is 0.0746. The van der Waals surface area contributed by atoms with E-state index in [-0.39, 0.29) is 12.0 Å². The molecule has 0 radical (unpaired) electrons. The second kappa shape index (κ2) is 8.55. The number of ether oxygens (including phenoxy) is 2. The molecule has 0 aliphatic carbocycles. The van der Waals surface area contributed by atoms with Crippen molar-refractivity contribution in [2.45, 2.75) is 33.8 Å². The third-order valence-electron chi connectivity index (χ3n) is 5.26. The standard InChI is InChI=1S/C23H30N2O3/c1-16(2)28-21-10-9-19(15-22(21)27-5)23(26)25-13-11-24(12-14-25)20-8-6-7-17(3)18(20)4/h6-10,15-16H,11-14H2,1-5H3. The number of amides is 1. The van der Waals surface area contributed by atoms with E-state index in [1.165, 1.54) is 16.8 Å². The van der Waals surface area contributed by atoms with Crippen molar-refractivity contribution in [3.05, 3.63) is 53.1 Å². The van der Waals surface area contributed by atoms with Gasteiger partial charge < -0.3 is 19.3 Å². The van der Waals surface area contributed by atoms with Crippen LogP contribution in [0.25, 0.3) is 0 Å². The fraction of sp³-hybridized carbons (Fsp3) is 0.435. The number of methoxy groups -OCH3 is 1. The van der Waals surface area contributed by atoms with E-state index in [1.807, 2.05) is 30.9 Å². The highest BCUT2D eigenvalue weighted by Gasteiger charge is 2.24. The highest BCUT2D eigenvalue weighted by molar-refractivity contribution is 5.95. The quantitative estimate of drug-likeness (QED) is 0.782. The van der Waals surface area contributed by atoms with Crippen LogP contribution in [0.3, 0.4) is 0 Å². The molecule has 1 fully saturated rings. The SMILES string of the molecule is COc1cc(C(=O)N2CCN(c3cccc(C)c3C)CC2)ccc1OC(C)C. The zero-order valence-electron chi connectivity index (χ0n) is 17.5. The van der Waals surface area contributed by atoms with Crippen LogP contribution in [-0.4, -0.2) is 50.2 Å². The lowest BCUT2D eigenvalue weighted by Crippen LogP contribution is -2.49. The molecule has 1 heterocycles. The Kier molecular flexibility index (Phi) is 6.12. The summed E-state index contributed by atoms with van der Waals surface area (Å²) in [5, 5.41) is 0. The Bertz CT molecular complexity index is 840. The molecule has 150 valence electrons. The summed E-state index contributed by atoms with van der Waals surface area (Å²) in [6, 6.07) is 11.8. The number of rotatable bonds is 5. The molecule has 0 unspecified atom stereocenters. The van der Waals surface area contributed by atoms with Gasteiger partial charge in [-0.25, -0.2) is 0 Å². The lowest BCUT2D eigenvalue weighted by Gasteiger charge is -2.37. The Morgan fingerprint density at radius 3 is 2.36 bits per heavy atom. The van der Waals surface area contributed by atoms with Crippen LogP contribution in [-0.2, 0) is 0 Å². The molecule has 0 N–H and O–H groups in total. The van der Waals surface area contributed by atoms with Gasteiger partial charge in [-0.3, -0.25) is 4.79 Å². The molecule has 2 aromatic carbocycles. The largest absolute Gasteiger partial charge is 0.493 e. The van der Waals surface area contributed by atoms with Gasteiger partial charge in [0.1, 0.15) is 0 Å². The summed E-state index contributed by atoms with van der Waals surface area (Å²) < 4.78 is 11.2. The number of anilines is 1. The molecule has 0 saturated carbocycles. The topological polar surface area (TPSA) is 42.0 Å². The molecule has 0 spiro atoms. The van der Waals surface area contributed by atoms with Crippen LogP contribution in [0.2, 0.25) is 0 Å². The summed E-state index contributed by atoms with van der Waals surface area (Å²) in [4.78, 5) is 17.3. The number of hydrogen-bond acceptors (Lipinski definition) is 4. The second-order valence-corrected chi connectivity index (χ2v) is 7.53. The Hall–Kier alpha value is -2.69. The molecular weight excluding hydrogens is 352 g/mol. The molecule has 1 amide bonds. The van der Waals surface area contributed by atoms with E-state index in [4.69, 9.17) is 9.47 Å². The van der Waals surface area contributed by atoms with Crippen molar-refractivity contribution in [2.75, 3.05) is 38.2 Å². The number of hydrogen-bond donors (Lipinski definition) is 0. The smallest absolute Gasteiger partial charge is 0.254 e. The summed E-state index contributed by atoms with van der Waals surface area (Å²) in [6.45, 7) is 11.3. The minimum atomic E-state index is 0.0370. The molecular formula is C23H30N2O3. The van der Waals surface area contributed by atoms with Gasteiger partial charge in [-0.1, -0.05) is 12.1 Å². The first-order chi connectivity index (χ1) is 13.4. The van der Waals surface area contributed by atoms with Crippen LogP contribution in [0.4, 0.5) is 5.69 Å². The van der Waals surface area contributed by atoms with E-state index in [2.05, 4.69) is 36.9 Å². The second-order valence-electron chi connectivity index (χ2n) is 7.53. The zero-order chi connectivity index (χ0) is 20.3. The van der Waals surface area contributed by atoms with Crippen LogP contribution in [0.5, 0.6) is 11.5 Å². The van der Waals surface area contributed by atoms with Crippen molar-refractivity contribution in [3.8, 4) is 11.5 Å². The lowest BCUT2D eigenvalue weighted by atomic mass is 10.1. The van der Waals surface area contributed by atoms with Crippen molar-refractivity contribution in [2.24, 2.45) is 0 Å². The summed E-state index contributed by atoms with van der Waals surface area (Å²) in [5.74, 6) is 1.29. The van der Waals surface area contributed by atoms with Gasteiger partial charge in [-0.05, 0) is 63.1 Å². The summed E-state index contributed by atoms with van der Waals surface area (Å²) in [7, 11) is 1.60. The van der Waals surface area contributed by atoms with Crippen LogP contribution in [0, 0.1) is 13.8 Å². The van der Waals surface area contributed by atoms with Gasteiger partial charge in [-0.15, -0.1) is 0 Å². The average molecular weight is 383 g/mol. The van der Waals surface area contributed by atoms with Crippen LogP contribution < -0.4 is 14.4 Å². The van der Waals surface area contributed by atoms with E-state index >= 15 is 0 Å². The minimum Gasteiger partial charge on any atom is -0.493 e. The fourth-order valence-corrected chi connectivity index (χ4v) is 3.56. The molecule has 0 bridgehead atoms. The molecule has 1 aliphatic rings. The Balaban J connectivity index is 1.69. The highest BCUT2D eigenvalue weighted by Crippen LogP contribution is 2.30. The van der Waals surface area contributed by atoms with E-state index in [0.717, 1.165) is 13.1 Å². The number of carbonyl (C=O) groups excluding carboxylic acids is 1. The van der Waals surface area contributed by atoms with Crippen molar-refractivity contribution < 1.29 is 14.3 Å². The first-order valence-electron chi connectivity index (χ1n) is 9.86. The van der Waals surface area contributed by atoms with E-state index in [0.29, 0.717) is 30.2 Å². The van der Waals surface area contributed by atoms with Crippen LogP contribution in [0.15, 0.2) is 36.4 Å². The van der Waals surface area contributed by atoms with Gasteiger partial charge in [0.25, 0.3) is 5.91 Å². The monoisotopic (exact) mass is 382 g/mol. The van der Waals surface area contributed by atoms with Crippen LogP contribution >= 0.6 is 0 Å². The Morgan fingerprint density at radius 1 is 1.00 bits per heavy atom. The van der Waals surface area contributed by atoms with Crippen molar-refractivity contribution in [3.63, 3.8) is 0 Å². The van der Waals surface area contributed by atoms with Crippen molar-refractivity contribution in [1.29, 1.82) is 0 Å². The number of aryl methyl sites for hydroxylation is 1. The first kappa shape index (κ1) is 20.1. The Labute approximate surface area is 167 Å². The van der Waals surface area contributed by atoms with E-state index in [1.54, 1.807) is 13.2 Å². The predicted molar refractivity (Wildman–Crippen MR) is 113 cm³/mol. The summed E-state index contributed by atoms with van der Waals surface area (Å²) in [6.07, 6.45) is 0.0496. The molecule has 1 aliphatic heterocycles. The van der Waals surface area contributed by atoms with Crippen molar-refractivity contribution in [1.82, 2.24) is 4.90 Å². The summed E-state index contributed by atoms with van der Waals surface area (Å²) >= 11 is 0. The zero-order valence-corrected chi connectivity index (χ0v) is 17.5. The summed E-state index contributed by atoms with van der Waals surface area (Å²) in [5.41, 5.74) is 4.51. The molecule has 5 nitrogen and oxygen atoms in total. The van der Waals surface area contributed by atoms with Gasteiger partial charge in [-0.2, -0.15) is 0 Å². The fourth-order valence-electron chi connectivity index (χ4n) is 3.56. The average Bonchev–Trinajstić information content (AvgIpc) is 2.69. The van der Waals surface area contributed by atoms with Gasteiger partial charge in [0.05, 0.1) is 13.2 Å². The predicted octanol–water partition coefficient (Wildman–Crippen LogP) is 4.06. The number of nitrogens with zero attached hydrogens (tertiary/aromatic N) is 2. The van der Waals surface area contributed by atoms with Crippen LogP contribution in [0.1, 0.15) is 35.3 Å². The molecule has 2 aromatic rings. The molecule has 0 atom stereocenters. The van der Waals surface area contributed by atoms with Gasteiger partial charge >= 0.3 is 0 Å². The van der Waals surface area contributed by atoms with E-state index in [9.17, 15) is 4.79 Å². The molecule has 0 aromatic heterocycles. The first-order valence-corrected chi connectivity index (χ1v) is 9.86. The third-order valence-corrected chi connectivity index (χ3v) is 5.26. The number of benzene rings is 2. The highest BCUT2D eigenvalue weighted by atomic mass is 16.5. The molecule has 3 rings (SSSR count). The van der Waals surface area contributed by atoms with E-state index < -0.39 is 0 Å². The van der Waals surface area contributed by atoms with Gasteiger partial charge in [0.2, 0.25) is 0 Å². The number of carbonyl (C=O) groups is 1. The maximum absolute atomic E-state index is 13.0. The maximum Gasteiger partial charge on any atom is 0.254 e. The Morgan fingerprint density at radius 2 is 1.71 bits per heavy atom. The third kappa shape index (κ3) is 4.24. The number of piperazine rings is 1. The maximum atomic E-state index is 13.0. The minimum absolute atomic E-state index is 0.0370. The normalized spacial score (nSPS) is 14.4. The molecule has 28 heavy (non-hydrogen) atoms. The molecule has 5 heteroatoms. The van der Waals surface area contributed by atoms with Crippen molar-refractivity contribution >= 4 is 11.6 Å².